The largest absolute Gasteiger partial charge is 0.483 e. The van der Waals surface area contributed by atoms with E-state index < -0.39 is 5.92 Å². The summed E-state index contributed by atoms with van der Waals surface area (Å²) in [6, 6.07) is 13.3. The molecule has 2 aromatic rings. The summed E-state index contributed by atoms with van der Waals surface area (Å²) in [6.45, 7) is 13.4. The highest BCUT2D eigenvalue weighted by Gasteiger charge is 2.48. The van der Waals surface area contributed by atoms with Gasteiger partial charge in [-0.1, -0.05) is 58.4 Å². The molecular formula is C35H41BrN2O4. The summed E-state index contributed by atoms with van der Waals surface area (Å²) in [6.07, 6.45) is 3.45. The van der Waals surface area contributed by atoms with Gasteiger partial charge in [0.15, 0.2) is 18.2 Å². The third kappa shape index (κ3) is 6.12. The van der Waals surface area contributed by atoms with Crippen molar-refractivity contribution in [3.63, 3.8) is 0 Å². The number of hydrogen-bond donors (Lipinski definition) is 1. The summed E-state index contributed by atoms with van der Waals surface area (Å²) < 4.78 is 6.55. The standard InChI is InChI=1S/C35H41BrN2O4/c1-7-14-38-25-16-34(3,4)18-27(39)32(25)31(33-26(38)17-35(5,6)19-28(33)40)22-10-13-29(24(36)15-22)42-20-30(41)37-23-11-8-21(2)9-12-23/h8-13,15,31H,7,14,16-20H2,1-6H3,(H,37,41). The van der Waals surface area contributed by atoms with E-state index in [9.17, 15) is 14.4 Å². The van der Waals surface area contributed by atoms with Crippen molar-refractivity contribution in [3.05, 3.63) is 80.6 Å². The fourth-order valence-electron chi connectivity index (χ4n) is 6.67. The molecule has 2 aromatic carbocycles. The molecule has 222 valence electrons. The number of halogens is 1. The zero-order valence-electron chi connectivity index (χ0n) is 25.5. The van der Waals surface area contributed by atoms with Gasteiger partial charge in [-0.15, -0.1) is 0 Å². The Morgan fingerprint density at radius 2 is 1.50 bits per heavy atom. The maximum Gasteiger partial charge on any atom is 0.262 e. The Balaban J connectivity index is 1.49. The lowest BCUT2D eigenvalue weighted by Crippen LogP contribution is -2.44. The Morgan fingerprint density at radius 3 is 2.02 bits per heavy atom. The second kappa shape index (κ2) is 11.5. The van der Waals surface area contributed by atoms with Gasteiger partial charge in [0.1, 0.15) is 5.75 Å². The van der Waals surface area contributed by atoms with Crippen molar-refractivity contribution in [2.24, 2.45) is 10.8 Å². The molecule has 2 aliphatic carbocycles. The maximum absolute atomic E-state index is 13.9. The minimum Gasteiger partial charge on any atom is -0.483 e. The van der Waals surface area contributed by atoms with Crippen LogP contribution in [0, 0.1) is 17.8 Å². The van der Waals surface area contributed by atoms with E-state index in [1.807, 2.05) is 49.4 Å². The Hall–Kier alpha value is -3.19. The Labute approximate surface area is 257 Å². The van der Waals surface area contributed by atoms with Crippen LogP contribution < -0.4 is 10.1 Å². The van der Waals surface area contributed by atoms with E-state index >= 15 is 0 Å². The van der Waals surface area contributed by atoms with Crippen LogP contribution in [0.3, 0.4) is 0 Å². The molecule has 0 bridgehead atoms. The number of anilines is 1. The van der Waals surface area contributed by atoms with E-state index in [0.29, 0.717) is 28.8 Å². The molecule has 3 aliphatic rings. The molecule has 1 heterocycles. The maximum atomic E-state index is 13.9. The van der Waals surface area contributed by atoms with E-state index in [1.165, 1.54) is 0 Å². The first-order valence-electron chi connectivity index (χ1n) is 14.9. The normalized spacial score (nSPS) is 19.9. The summed E-state index contributed by atoms with van der Waals surface area (Å²) in [5, 5.41) is 2.85. The Kier molecular flexibility index (Phi) is 8.27. The molecule has 0 spiro atoms. The second-order valence-corrected chi connectivity index (χ2v) is 14.4. The zero-order valence-corrected chi connectivity index (χ0v) is 27.1. The third-order valence-electron chi connectivity index (χ3n) is 8.45. The molecule has 42 heavy (non-hydrogen) atoms. The number of hydrogen-bond acceptors (Lipinski definition) is 5. The van der Waals surface area contributed by atoms with Gasteiger partial charge in [0.05, 0.1) is 4.47 Å². The van der Waals surface area contributed by atoms with Gasteiger partial charge in [-0.2, -0.15) is 0 Å². The quantitative estimate of drug-likeness (QED) is 0.336. The molecule has 0 aromatic heterocycles. The first-order chi connectivity index (χ1) is 19.8. The van der Waals surface area contributed by atoms with Crippen LogP contribution in [0.1, 0.15) is 83.8 Å². The van der Waals surface area contributed by atoms with Crippen molar-refractivity contribution in [1.82, 2.24) is 4.90 Å². The monoisotopic (exact) mass is 632 g/mol. The molecule has 0 radical (unpaired) electrons. The number of amides is 1. The summed E-state index contributed by atoms with van der Waals surface area (Å²) in [7, 11) is 0. The van der Waals surface area contributed by atoms with Gasteiger partial charge >= 0.3 is 0 Å². The smallest absolute Gasteiger partial charge is 0.262 e. The topological polar surface area (TPSA) is 75.7 Å². The number of Topliss-reactive ketones (excluding diaryl/α,β-unsaturated/α-hetero) is 2. The molecule has 1 aliphatic heterocycles. The number of ketones is 2. The van der Waals surface area contributed by atoms with Crippen LogP contribution in [0.15, 0.2) is 69.5 Å². The van der Waals surface area contributed by atoms with E-state index in [4.69, 9.17) is 4.74 Å². The van der Waals surface area contributed by atoms with Crippen LogP contribution in [0.4, 0.5) is 5.69 Å². The summed E-state index contributed by atoms with van der Waals surface area (Å²) >= 11 is 3.65. The molecule has 6 nitrogen and oxygen atoms in total. The lowest BCUT2D eigenvalue weighted by Gasteiger charge is -2.49. The van der Waals surface area contributed by atoms with Gasteiger partial charge in [-0.25, -0.2) is 0 Å². The molecule has 7 heteroatoms. The van der Waals surface area contributed by atoms with E-state index in [2.05, 4.69) is 60.8 Å². The first-order valence-corrected chi connectivity index (χ1v) is 15.7. The second-order valence-electron chi connectivity index (χ2n) is 13.6. The van der Waals surface area contributed by atoms with E-state index in [1.54, 1.807) is 0 Å². The summed E-state index contributed by atoms with van der Waals surface area (Å²) in [4.78, 5) is 42.6. The van der Waals surface area contributed by atoms with Crippen LogP contribution in [-0.2, 0) is 14.4 Å². The molecular weight excluding hydrogens is 592 g/mol. The molecule has 0 unspecified atom stereocenters. The van der Waals surface area contributed by atoms with Crippen molar-refractivity contribution in [3.8, 4) is 5.75 Å². The fraction of sp³-hybridized carbons (Fsp3) is 0.457. The molecule has 0 atom stereocenters. The Morgan fingerprint density at radius 1 is 0.929 bits per heavy atom. The van der Waals surface area contributed by atoms with Crippen molar-refractivity contribution in [2.75, 3.05) is 18.5 Å². The summed E-state index contributed by atoms with van der Waals surface area (Å²) in [5.41, 5.74) is 6.13. The van der Waals surface area contributed by atoms with Crippen molar-refractivity contribution in [1.29, 1.82) is 0 Å². The molecule has 0 saturated carbocycles. The van der Waals surface area contributed by atoms with Gasteiger partial charge in [0.2, 0.25) is 0 Å². The number of aryl methyl sites for hydroxylation is 1. The van der Waals surface area contributed by atoms with E-state index in [-0.39, 0.29) is 34.9 Å². The number of allylic oxidation sites excluding steroid dienone is 4. The number of benzene rings is 2. The number of nitrogens with zero attached hydrogens (tertiary/aromatic N) is 1. The van der Waals surface area contributed by atoms with Crippen molar-refractivity contribution < 1.29 is 19.1 Å². The number of nitrogens with one attached hydrogen (secondary N) is 1. The highest BCUT2D eigenvalue weighted by molar-refractivity contribution is 9.10. The lowest BCUT2D eigenvalue weighted by molar-refractivity contribution is -0.120. The predicted molar refractivity (Wildman–Crippen MR) is 169 cm³/mol. The van der Waals surface area contributed by atoms with Crippen LogP contribution >= 0.6 is 15.9 Å². The minimum absolute atomic E-state index is 0.126. The minimum atomic E-state index is -0.412. The van der Waals surface area contributed by atoms with Crippen molar-refractivity contribution in [2.45, 2.75) is 79.6 Å². The zero-order chi connectivity index (χ0) is 30.4. The van der Waals surface area contributed by atoms with Crippen LogP contribution in [-0.4, -0.2) is 35.5 Å². The molecule has 0 saturated heterocycles. The molecule has 0 fully saturated rings. The van der Waals surface area contributed by atoms with Crippen LogP contribution in [0.2, 0.25) is 0 Å². The number of carbonyl (C=O) groups is 3. The van der Waals surface area contributed by atoms with Gasteiger partial charge in [-0.3, -0.25) is 14.4 Å². The average Bonchev–Trinajstić information content (AvgIpc) is 2.88. The van der Waals surface area contributed by atoms with E-state index in [0.717, 1.165) is 59.5 Å². The third-order valence-corrected chi connectivity index (χ3v) is 9.07. The fourth-order valence-corrected chi connectivity index (χ4v) is 7.18. The SMILES string of the molecule is CCCN1C2=C(C(=O)CC(C)(C)C2)C(c2ccc(OCC(=O)Nc3ccc(C)cc3)c(Br)c2)C2=C1CC(C)(C)CC2=O. The van der Waals surface area contributed by atoms with Crippen LogP contribution in [0.5, 0.6) is 5.75 Å². The molecule has 5 rings (SSSR count). The first kappa shape index (κ1) is 30.3. The highest BCUT2D eigenvalue weighted by atomic mass is 79.9. The van der Waals surface area contributed by atoms with Gasteiger partial charge in [0.25, 0.3) is 5.91 Å². The lowest BCUT2D eigenvalue weighted by atomic mass is 9.63. The average molecular weight is 634 g/mol. The molecule has 1 amide bonds. The van der Waals surface area contributed by atoms with Gasteiger partial charge in [-0.05, 0) is 82.8 Å². The molecule has 1 N–H and O–H groups in total. The Bertz CT molecular complexity index is 1450. The van der Waals surface area contributed by atoms with Gasteiger partial charge < -0.3 is 15.0 Å². The predicted octanol–water partition coefficient (Wildman–Crippen LogP) is 7.87. The number of rotatable bonds is 7. The van der Waals surface area contributed by atoms with Crippen LogP contribution in [0.25, 0.3) is 0 Å². The van der Waals surface area contributed by atoms with Crippen molar-refractivity contribution >= 4 is 39.1 Å². The highest BCUT2D eigenvalue weighted by Crippen LogP contribution is 2.54. The van der Waals surface area contributed by atoms with Gasteiger partial charge in [0, 0.05) is 53.5 Å². The number of ether oxygens (including phenoxy) is 1. The number of carbonyl (C=O) groups excluding carboxylic acids is 3. The summed E-state index contributed by atoms with van der Waals surface area (Å²) in [5.74, 6) is 0.109.